The average Bonchev–Trinajstić information content (AvgIpc) is 2.00. The number of hydrogen-bond donors (Lipinski definition) is 1. The van der Waals surface area contributed by atoms with Crippen molar-refractivity contribution in [2.45, 2.75) is 66.3 Å². The highest BCUT2D eigenvalue weighted by Gasteiger charge is 2.16. The van der Waals surface area contributed by atoms with Gasteiger partial charge in [0.1, 0.15) is 0 Å². The third-order valence-electron chi connectivity index (χ3n) is 2.56. The standard InChI is InChI=1S/C12H27N/c1-6-7-8-12(4,5)9-10-13-11(2)3/h11,13H,6-10H2,1-5H3. The largest absolute Gasteiger partial charge is 0.315 e. The van der Waals surface area contributed by atoms with Crippen LogP contribution in [0.3, 0.4) is 0 Å². The molecule has 0 unspecified atom stereocenters. The van der Waals surface area contributed by atoms with Crippen molar-refractivity contribution < 1.29 is 0 Å². The molecule has 0 aromatic carbocycles. The lowest BCUT2D eigenvalue weighted by molar-refractivity contribution is 0.289. The first kappa shape index (κ1) is 13.0. The Balaban J connectivity index is 3.50. The van der Waals surface area contributed by atoms with Crippen molar-refractivity contribution in [3.8, 4) is 0 Å². The fourth-order valence-corrected chi connectivity index (χ4v) is 1.48. The molecule has 0 amide bonds. The van der Waals surface area contributed by atoms with Gasteiger partial charge in [0.05, 0.1) is 0 Å². The summed E-state index contributed by atoms with van der Waals surface area (Å²) in [5.41, 5.74) is 0.526. The van der Waals surface area contributed by atoms with E-state index in [1.807, 2.05) is 0 Å². The zero-order valence-electron chi connectivity index (χ0n) is 10.1. The van der Waals surface area contributed by atoms with Crippen molar-refractivity contribution in [1.29, 1.82) is 0 Å². The van der Waals surface area contributed by atoms with Gasteiger partial charge in [0.2, 0.25) is 0 Å². The van der Waals surface area contributed by atoms with Crippen LogP contribution in [-0.2, 0) is 0 Å². The molecule has 80 valence electrons. The molecule has 1 N–H and O–H groups in total. The summed E-state index contributed by atoms with van der Waals surface area (Å²) in [6, 6.07) is 0.627. The van der Waals surface area contributed by atoms with Gasteiger partial charge in [-0.05, 0) is 24.8 Å². The lowest BCUT2D eigenvalue weighted by Gasteiger charge is -2.25. The fourth-order valence-electron chi connectivity index (χ4n) is 1.48. The summed E-state index contributed by atoms with van der Waals surface area (Å²) in [6.07, 6.45) is 5.35. The summed E-state index contributed by atoms with van der Waals surface area (Å²) in [4.78, 5) is 0. The Bertz CT molecular complexity index is 116. The van der Waals surface area contributed by atoms with E-state index in [2.05, 4.69) is 39.9 Å². The van der Waals surface area contributed by atoms with Gasteiger partial charge in [-0.3, -0.25) is 0 Å². The zero-order valence-corrected chi connectivity index (χ0v) is 10.1. The van der Waals surface area contributed by atoms with E-state index in [0.29, 0.717) is 11.5 Å². The van der Waals surface area contributed by atoms with Gasteiger partial charge in [-0.15, -0.1) is 0 Å². The summed E-state index contributed by atoms with van der Waals surface area (Å²) < 4.78 is 0. The first-order valence-electron chi connectivity index (χ1n) is 5.71. The maximum atomic E-state index is 3.48. The van der Waals surface area contributed by atoms with E-state index in [1.165, 1.54) is 25.7 Å². The molecule has 0 atom stereocenters. The van der Waals surface area contributed by atoms with Crippen LogP contribution in [-0.4, -0.2) is 12.6 Å². The van der Waals surface area contributed by atoms with E-state index < -0.39 is 0 Å². The molecule has 1 nitrogen and oxygen atoms in total. The fraction of sp³-hybridized carbons (Fsp3) is 1.00. The van der Waals surface area contributed by atoms with Gasteiger partial charge < -0.3 is 5.32 Å². The topological polar surface area (TPSA) is 12.0 Å². The quantitative estimate of drug-likeness (QED) is 0.639. The number of nitrogens with one attached hydrogen (secondary N) is 1. The molecule has 0 aliphatic heterocycles. The van der Waals surface area contributed by atoms with Gasteiger partial charge in [-0.2, -0.15) is 0 Å². The lowest BCUT2D eigenvalue weighted by Crippen LogP contribution is -2.27. The zero-order chi connectivity index (χ0) is 10.3. The van der Waals surface area contributed by atoms with Crippen molar-refractivity contribution in [3.63, 3.8) is 0 Å². The van der Waals surface area contributed by atoms with Gasteiger partial charge in [0, 0.05) is 6.04 Å². The summed E-state index contributed by atoms with van der Waals surface area (Å²) in [7, 11) is 0. The highest BCUT2D eigenvalue weighted by Crippen LogP contribution is 2.26. The molecule has 0 bridgehead atoms. The molecule has 0 fully saturated rings. The van der Waals surface area contributed by atoms with Crippen molar-refractivity contribution in [2.75, 3.05) is 6.54 Å². The van der Waals surface area contributed by atoms with Crippen molar-refractivity contribution >= 4 is 0 Å². The minimum Gasteiger partial charge on any atom is -0.315 e. The first-order valence-corrected chi connectivity index (χ1v) is 5.71. The van der Waals surface area contributed by atoms with Crippen LogP contribution in [0.25, 0.3) is 0 Å². The SMILES string of the molecule is CCCCC(C)(C)CCNC(C)C. The minimum atomic E-state index is 0.526. The molecule has 0 aromatic rings. The van der Waals surface area contributed by atoms with Crippen LogP contribution < -0.4 is 5.32 Å². The molecule has 0 radical (unpaired) electrons. The Labute approximate surface area is 84.3 Å². The van der Waals surface area contributed by atoms with Crippen LogP contribution in [0.5, 0.6) is 0 Å². The third-order valence-corrected chi connectivity index (χ3v) is 2.56. The molecule has 0 heterocycles. The van der Waals surface area contributed by atoms with Crippen molar-refractivity contribution in [2.24, 2.45) is 5.41 Å². The van der Waals surface area contributed by atoms with Crippen LogP contribution in [0.1, 0.15) is 60.3 Å². The predicted molar refractivity (Wildman–Crippen MR) is 61.1 cm³/mol. The molecule has 0 aliphatic carbocycles. The Morgan fingerprint density at radius 3 is 2.23 bits per heavy atom. The Morgan fingerprint density at radius 1 is 1.15 bits per heavy atom. The Morgan fingerprint density at radius 2 is 1.77 bits per heavy atom. The summed E-state index contributed by atoms with van der Waals surface area (Å²) >= 11 is 0. The summed E-state index contributed by atoms with van der Waals surface area (Å²) in [5, 5.41) is 3.48. The van der Waals surface area contributed by atoms with E-state index in [1.54, 1.807) is 0 Å². The molecule has 0 aromatic heterocycles. The first-order chi connectivity index (χ1) is 5.98. The normalized spacial score (nSPS) is 12.5. The van der Waals surface area contributed by atoms with Crippen LogP contribution >= 0.6 is 0 Å². The maximum Gasteiger partial charge on any atom is 0.00103 e. The Hall–Kier alpha value is -0.0400. The van der Waals surface area contributed by atoms with Gasteiger partial charge in [0.15, 0.2) is 0 Å². The van der Waals surface area contributed by atoms with E-state index >= 15 is 0 Å². The third kappa shape index (κ3) is 8.29. The molecule has 13 heavy (non-hydrogen) atoms. The van der Waals surface area contributed by atoms with E-state index in [9.17, 15) is 0 Å². The lowest BCUT2D eigenvalue weighted by atomic mass is 9.84. The second-order valence-electron chi connectivity index (χ2n) is 5.13. The number of hydrogen-bond acceptors (Lipinski definition) is 1. The summed E-state index contributed by atoms with van der Waals surface area (Å²) in [5.74, 6) is 0. The Kier molecular flexibility index (Phi) is 6.40. The molecular weight excluding hydrogens is 158 g/mol. The highest BCUT2D eigenvalue weighted by molar-refractivity contribution is 4.70. The summed E-state index contributed by atoms with van der Waals surface area (Å²) in [6.45, 7) is 12.6. The van der Waals surface area contributed by atoms with E-state index in [4.69, 9.17) is 0 Å². The molecule has 0 aliphatic rings. The van der Waals surface area contributed by atoms with Gasteiger partial charge in [-0.1, -0.05) is 47.5 Å². The van der Waals surface area contributed by atoms with Crippen LogP contribution in [0.4, 0.5) is 0 Å². The van der Waals surface area contributed by atoms with Crippen LogP contribution in [0.2, 0.25) is 0 Å². The number of unbranched alkanes of at least 4 members (excludes halogenated alkanes) is 1. The van der Waals surface area contributed by atoms with Gasteiger partial charge in [-0.25, -0.2) is 0 Å². The average molecular weight is 185 g/mol. The number of rotatable bonds is 7. The molecule has 1 heteroatoms. The minimum absolute atomic E-state index is 0.526. The second kappa shape index (κ2) is 6.42. The van der Waals surface area contributed by atoms with Crippen molar-refractivity contribution in [1.82, 2.24) is 5.32 Å². The van der Waals surface area contributed by atoms with E-state index in [0.717, 1.165) is 6.54 Å². The monoisotopic (exact) mass is 185 g/mol. The van der Waals surface area contributed by atoms with Gasteiger partial charge in [0.25, 0.3) is 0 Å². The smallest absolute Gasteiger partial charge is 0.00103 e. The van der Waals surface area contributed by atoms with Gasteiger partial charge >= 0.3 is 0 Å². The van der Waals surface area contributed by atoms with Crippen LogP contribution in [0.15, 0.2) is 0 Å². The molecule has 0 spiro atoms. The van der Waals surface area contributed by atoms with Crippen LogP contribution in [0, 0.1) is 5.41 Å². The maximum absolute atomic E-state index is 3.48. The molecule has 0 saturated heterocycles. The molecular formula is C12H27N. The second-order valence-corrected chi connectivity index (χ2v) is 5.13. The molecule has 0 rings (SSSR count). The molecule has 0 saturated carbocycles. The van der Waals surface area contributed by atoms with Crippen molar-refractivity contribution in [3.05, 3.63) is 0 Å². The highest BCUT2D eigenvalue weighted by atomic mass is 14.9. The predicted octanol–water partition coefficient (Wildman–Crippen LogP) is 3.59. The van der Waals surface area contributed by atoms with E-state index in [-0.39, 0.29) is 0 Å².